The number of nitrogens with one attached hydrogen (secondary N) is 2. The van der Waals surface area contributed by atoms with Crippen LogP contribution in [0.15, 0.2) is 4.99 Å². The number of guanidine groups is 1. The molecular weight excluding hydrogens is 457 g/mol. The Kier molecular flexibility index (Phi) is 12.8. The number of halogens is 1. The van der Waals surface area contributed by atoms with Gasteiger partial charge in [-0.3, -0.25) is 9.89 Å². The number of rotatable bonds is 9. The molecule has 2 aliphatic heterocycles. The van der Waals surface area contributed by atoms with Gasteiger partial charge in [0.25, 0.3) is 0 Å². The fourth-order valence-corrected chi connectivity index (χ4v) is 3.54. The minimum absolute atomic E-state index is 0. The van der Waals surface area contributed by atoms with Crippen LogP contribution in [0.25, 0.3) is 0 Å². The molecule has 8 heteroatoms. The van der Waals surface area contributed by atoms with Crippen molar-refractivity contribution in [3.8, 4) is 0 Å². The van der Waals surface area contributed by atoms with E-state index in [0.717, 1.165) is 77.9 Å². The minimum atomic E-state index is 0. The number of likely N-dealkylation sites (N-methyl/N-ethyl adjacent to an activating group) is 1. The molecular formula is C19H40IN5O2. The summed E-state index contributed by atoms with van der Waals surface area (Å²) in [5.74, 6) is 1.50. The summed E-state index contributed by atoms with van der Waals surface area (Å²) in [5.41, 5.74) is 0. The maximum atomic E-state index is 5.80. The summed E-state index contributed by atoms with van der Waals surface area (Å²) >= 11 is 0. The van der Waals surface area contributed by atoms with Gasteiger partial charge in [-0.25, -0.2) is 0 Å². The smallest absolute Gasteiger partial charge is 0.191 e. The van der Waals surface area contributed by atoms with Crippen LogP contribution in [-0.2, 0) is 9.47 Å². The second-order valence-corrected chi connectivity index (χ2v) is 7.74. The maximum absolute atomic E-state index is 5.80. The van der Waals surface area contributed by atoms with Gasteiger partial charge in [-0.15, -0.1) is 24.0 Å². The van der Waals surface area contributed by atoms with Crippen molar-refractivity contribution in [2.45, 2.75) is 38.8 Å². The largest absolute Gasteiger partial charge is 0.379 e. The Balaban J connectivity index is 0.00000364. The zero-order valence-electron chi connectivity index (χ0n) is 17.6. The van der Waals surface area contributed by atoms with E-state index in [0.29, 0.717) is 18.1 Å². The number of aliphatic imine (C=N–C) groups is 1. The van der Waals surface area contributed by atoms with E-state index in [1.165, 1.54) is 0 Å². The van der Waals surface area contributed by atoms with Crippen LogP contribution < -0.4 is 10.6 Å². The van der Waals surface area contributed by atoms with Crippen LogP contribution in [-0.4, -0.2) is 101 Å². The van der Waals surface area contributed by atoms with E-state index in [4.69, 9.17) is 9.47 Å². The van der Waals surface area contributed by atoms with Crippen LogP contribution >= 0.6 is 24.0 Å². The summed E-state index contributed by atoms with van der Waals surface area (Å²) in [4.78, 5) is 9.38. The van der Waals surface area contributed by atoms with Gasteiger partial charge >= 0.3 is 0 Å². The molecule has 0 bridgehead atoms. The highest BCUT2D eigenvalue weighted by atomic mass is 127. The average Bonchev–Trinajstić information content (AvgIpc) is 3.14. The second kappa shape index (κ2) is 13.9. The van der Waals surface area contributed by atoms with E-state index < -0.39 is 0 Å². The zero-order valence-corrected chi connectivity index (χ0v) is 19.9. The first-order valence-electron chi connectivity index (χ1n) is 10.2. The van der Waals surface area contributed by atoms with Gasteiger partial charge in [0.05, 0.1) is 12.7 Å². The summed E-state index contributed by atoms with van der Waals surface area (Å²) in [6.45, 7) is 13.4. The Morgan fingerprint density at radius 2 is 1.96 bits per heavy atom. The van der Waals surface area contributed by atoms with Crippen molar-refractivity contribution in [3.63, 3.8) is 0 Å². The van der Waals surface area contributed by atoms with Crippen LogP contribution in [0.4, 0.5) is 0 Å². The predicted molar refractivity (Wildman–Crippen MR) is 122 cm³/mol. The van der Waals surface area contributed by atoms with Gasteiger partial charge in [-0.1, -0.05) is 13.8 Å². The number of ether oxygens (including phenoxy) is 2. The van der Waals surface area contributed by atoms with Crippen molar-refractivity contribution in [1.82, 2.24) is 20.4 Å². The standard InChI is InChI=1S/C19H39N5O2.HI/c1-16(2)18(24-10-8-23(4)9-11-24)14-22-19(20-3)21-7-5-12-26-17-6-13-25-15-17;/h16-18H,5-15H2,1-4H3,(H2,20,21,22);1H. The molecule has 0 radical (unpaired) electrons. The first kappa shape index (κ1) is 24.9. The maximum Gasteiger partial charge on any atom is 0.191 e. The highest BCUT2D eigenvalue weighted by Gasteiger charge is 2.25. The summed E-state index contributed by atoms with van der Waals surface area (Å²) in [6.07, 6.45) is 2.30. The quantitative estimate of drug-likeness (QED) is 0.216. The van der Waals surface area contributed by atoms with Crippen LogP contribution in [0.5, 0.6) is 0 Å². The normalized spacial score (nSPS) is 23.3. The molecule has 0 amide bonds. The Morgan fingerprint density at radius 3 is 2.56 bits per heavy atom. The highest BCUT2D eigenvalue weighted by Crippen LogP contribution is 2.13. The van der Waals surface area contributed by atoms with Crippen molar-refractivity contribution in [2.24, 2.45) is 10.9 Å². The molecule has 0 aliphatic carbocycles. The van der Waals surface area contributed by atoms with Gasteiger partial charge in [0.1, 0.15) is 0 Å². The summed E-state index contributed by atoms with van der Waals surface area (Å²) in [5, 5.41) is 6.91. The van der Waals surface area contributed by atoms with Gasteiger partial charge in [0.2, 0.25) is 0 Å². The zero-order chi connectivity index (χ0) is 18.8. The van der Waals surface area contributed by atoms with Crippen molar-refractivity contribution < 1.29 is 9.47 Å². The van der Waals surface area contributed by atoms with E-state index in [-0.39, 0.29) is 24.0 Å². The molecule has 2 atom stereocenters. The monoisotopic (exact) mass is 497 g/mol. The lowest BCUT2D eigenvalue weighted by atomic mass is 10.0. The van der Waals surface area contributed by atoms with E-state index >= 15 is 0 Å². The molecule has 0 aromatic carbocycles. The fourth-order valence-electron chi connectivity index (χ4n) is 3.54. The van der Waals surface area contributed by atoms with Crippen molar-refractivity contribution in [1.29, 1.82) is 0 Å². The van der Waals surface area contributed by atoms with Crippen LogP contribution in [0.1, 0.15) is 26.7 Å². The molecule has 2 fully saturated rings. The Bertz CT molecular complexity index is 411. The lowest BCUT2D eigenvalue weighted by molar-refractivity contribution is 0.0419. The minimum Gasteiger partial charge on any atom is -0.379 e. The summed E-state index contributed by atoms with van der Waals surface area (Å²) in [7, 11) is 4.04. The molecule has 7 nitrogen and oxygen atoms in total. The number of piperazine rings is 1. The van der Waals surface area contributed by atoms with Crippen molar-refractivity contribution in [3.05, 3.63) is 0 Å². The fraction of sp³-hybridized carbons (Fsp3) is 0.947. The predicted octanol–water partition coefficient (Wildman–Crippen LogP) is 1.24. The lowest BCUT2D eigenvalue weighted by Gasteiger charge is -2.40. The van der Waals surface area contributed by atoms with E-state index in [1.54, 1.807) is 0 Å². The molecule has 2 heterocycles. The Hall–Kier alpha value is -0.160. The topological polar surface area (TPSA) is 61.4 Å². The lowest BCUT2D eigenvalue weighted by Crippen LogP contribution is -2.55. The van der Waals surface area contributed by atoms with E-state index in [1.807, 2.05) is 7.05 Å². The van der Waals surface area contributed by atoms with Gasteiger partial charge in [-0.2, -0.15) is 0 Å². The van der Waals surface area contributed by atoms with E-state index in [9.17, 15) is 0 Å². The number of hydrogen-bond donors (Lipinski definition) is 2. The molecule has 160 valence electrons. The first-order valence-corrected chi connectivity index (χ1v) is 10.2. The first-order chi connectivity index (χ1) is 12.6. The third kappa shape index (κ3) is 9.25. The molecule has 0 aromatic rings. The van der Waals surface area contributed by atoms with Gasteiger partial charge < -0.3 is 25.0 Å². The number of hydrogen-bond acceptors (Lipinski definition) is 5. The molecule has 0 spiro atoms. The van der Waals surface area contributed by atoms with Crippen molar-refractivity contribution >= 4 is 29.9 Å². The SMILES string of the molecule is CN=C(NCCCOC1CCOC1)NCC(C(C)C)N1CCN(C)CC1.I. The van der Waals surface area contributed by atoms with Crippen LogP contribution in [0.3, 0.4) is 0 Å². The molecule has 2 saturated heterocycles. The van der Waals surface area contributed by atoms with Gasteiger partial charge in [-0.05, 0) is 25.8 Å². The summed E-state index contributed by atoms with van der Waals surface area (Å²) < 4.78 is 11.1. The Labute approximate surface area is 182 Å². The molecule has 2 aliphatic rings. The van der Waals surface area contributed by atoms with Gasteiger partial charge in [0, 0.05) is 65.6 Å². The van der Waals surface area contributed by atoms with Gasteiger partial charge in [0.15, 0.2) is 5.96 Å². The van der Waals surface area contributed by atoms with E-state index in [2.05, 4.69) is 46.3 Å². The Morgan fingerprint density at radius 1 is 1.22 bits per heavy atom. The average molecular weight is 497 g/mol. The summed E-state index contributed by atoms with van der Waals surface area (Å²) in [6, 6.07) is 0.535. The van der Waals surface area contributed by atoms with Crippen molar-refractivity contribution in [2.75, 3.05) is 73.2 Å². The second-order valence-electron chi connectivity index (χ2n) is 7.74. The molecule has 27 heavy (non-hydrogen) atoms. The highest BCUT2D eigenvalue weighted by molar-refractivity contribution is 14.0. The third-order valence-electron chi connectivity index (χ3n) is 5.33. The molecule has 2 unspecified atom stereocenters. The molecule has 2 N–H and O–H groups in total. The van der Waals surface area contributed by atoms with Crippen LogP contribution in [0.2, 0.25) is 0 Å². The molecule has 0 saturated carbocycles. The third-order valence-corrected chi connectivity index (χ3v) is 5.33. The molecule has 2 rings (SSSR count). The number of nitrogens with zero attached hydrogens (tertiary/aromatic N) is 3. The molecule has 0 aromatic heterocycles. The van der Waals surface area contributed by atoms with Crippen LogP contribution in [0, 0.1) is 5.92 Å².